The Morgan fingerprint density at radius 1 is 1.22 bits per heavy atom. The van der Waals surface area contributed by atoms with E-state index < -0.39 is 18.4 Å². The van der Waals surface area contributed by atoms with E-state index in [1.165, 1.54) is 6.33 Å². The first-order valence-corrected chi connectivity index (χ1v) is 7.41. The molecule has 126 valence electrons. The van der Waals surface area contributed by atoms with Crippen LogP contribution < -0.4 is 4.90 Å². The Morgan fingerprint density at radius 2 is 1.96 bits per heavy atom. The number of hydrogen-bond acceptors (Lipinski definition) is 8. The summed E-state index contributed by atoms with van der Waals surface area (Å²) >= 11 is 0. The van der Waals surface area contributed by atoms with Gasteiger partial charge < -0.3 is 24.7 Å². The van der Waals surface area contributed by atoms with Gasteiger partial charge in [-0.3, -0.25) is 4.57 Å². The molecule has 2 aromatic rings. The molecule has 2 N–H and O–H groups in total. The number of aliphatic hydroxyl groups excluding tert-OH is 2. The Labute approximate surface area is 134 Å². The third-order valence-electron chi connectivity index (χ3n) is 4.15. The highest BCUT2D eigenvalue weighted by molar-refractivity contribution is 5.83. The van der Waals surface area contributed by atoms with Crippen molar-refractivity contribution in [1.29, 1.82) is 0 Å². The lowest BCUT2D eigenvalue weighted by Crippen LogP contribution is -2.44. The maximum Gasteiger partial charge on any atom is 0.167 e. The second kappa shape index (κ2) is 6.00. The smallest absolute Gasteiger partial charge is 0.167 e. The van der Waals surface area contributed by atoms with Crippen molar-refractivity contribution in [3.8, 4) is 0 Å². The molecule has 0 amide bonds. The van der Waals surface area contributed by atoms with Crippen LogP contribution in [0.15, 0.2) is 12.7 Å². The van der Waals surface area contributed by atoms with Crippen molar-refractivity contribution in [3.05, 3.63) is 12.7 Å². The first kappa shape index (κ1) is 16.1. The van der Waals surface area contributed by atoms with Gasteiger partial charge in [-0.2, -0.15) is 0 Å². The van der Waals surface area contributed by atoms with E-state index in [9.17, 15) is 10.2 Å². The van der Waals surface area contributed by atoms with Crippen LogP contribution in [0.3, 0.4) is 0 Å². The van der Waals surface area contributed by atoms with E-state index in [1.54, 1.807) is 10.9 Å². The van der Waals surface area contributed by atoms with Crippen LogP contribution in [0, 0.1) is 0 Å². The molecule has 0 saturated carbocycles. The fourth-order valence-electron chi connectivity index (χ4n) is 3.10. The summed E-state index contributed by atoms with van der Waals surface area (Å²) < 4.78 is 7.55. The molecule has 1 aliphatic heterocycles. The molecule has 3 rings (SSSR count). The average Bonchev–Trinajstić information content (AvgIpc) is 3.07. The number of fused-ring (bicyclic) bond motifs is 1. The molecule has 0 bridgehead atoms. The van der Waals surface area contributed by atoms with E-state index in [0.29, 0.717) is 17.0 Å². The molecular formula is C14H22N6O3. The zero-order valence-corrected chi connectivity index (χ0v) is 13.7. The first-order valence-electron chi connectivity index (χ1n) is 7.41. The topological polar surface area (TPSA) is 99.8 Å². The van der Waals surface area contributed by atoms with E-state index in [2.05, 4.69) is 15.0 Å². The van der Waals surface area contributed by atoms with E-state index in [1.807, 2.05) is 38.0 Å². The van der Waals surface area contributed by atoms with E-state index in [0.717, 1.165) is 0 Å². The molecule has 9 heteroatoms. The highest BCUT2D eigenvalue weighted by atomic mass is 16.5. The average molecular weight is 322 g/mol. The van der Waals surface area contributed by atoms with Gasteiger partial charge in [0, 0.05) is 14.1 Å². The molecular weight excluding hydrogens is 300 g/mol. The summed E-state index contributed by atoms with van der Waals surface area (Å²) in [5, 5.41) is 20.2. The second-order valence-corrected chi connectivity index (χ2v) is 6.11. The van der Waals surface area contributed by atoms with Gasteiger partial charge in [-0.15, -0.1) is 0 Å². The summed E-state index contributed by atoms with van der Waals surface area (Å²) in [7, 11) is 7.46. The summed E-state index contributed by atoms with van der Waals surface area (Å²) in [6.07, 6.45) is 1.11. The van der Waals surface area contributed by atoms with Gasteiger partial charge in [-0.25, -0.2) is 15.0 Å². The highest BCUT2D eigenvalue weighted by Crippen LogP contribution is 2.34. The molecule has 23 heavy (non-hydrogen) atoms. The Morgan fingerprint density at radius 3 is 2.52 bits per heavy atom. The minimum absolute atomic E-state index is 0.166. The minimum Gasteiger partial charge on any atom is -0.394 e. The summed E-state index contributed by atoms with van der Waals surface area (Å²) in [5.41, 5.74) is 1.23. The standard InChI is InChI=1S/C14H22N6O3/c1-18(2)10-8(5-21)23-14(11(10)22)20-7-17-9-12(19(3)4)15-6-16-13(9)20/h6-8,10-11,14,21-22H,5H2,1-4H3. The molecule has 3 heterocycles. The number of anilines is 1. The fraction of sp³-hybridized carbons (Fsp3) is 0.643. The Bertz CT molecular complexity index is 688. The monoisotopic (exact) mass is 322 g/mol. The lowest BCUT2D eigenvalue weighted by atomic mass is 10.1. The van der Waals surface area contributed by atoms with Gasteiger partial charge in [-0.1, -0.05) is 0 Å². The summed E-state index contributed by atoms with van der Waals surface area (Å²) in [4.78, 5) is 16.6. The number of hydrogen-bond donors (Lipinski definition) is 2. The second-order valence-electron chi connectivity index (χ2n) is 6.11. The lowest BCUT2D eigenvalue weighted by molar-refractivity contribution is -0.0495. The van der Waals surface area contributed by atoms with Crippen LogP contribution in [0.1, 0.15) is 6.23 Å². The molecule has 1 saturated heterocycles. The lowest BCUT2D eigenvalue weighted by Gasteiger charge is -2.25. The zero-order chi connectivity index (χ0) is 16.7. The maximum atomic E-state index is 10.7. The van der Waals surface area contributed by atoms with Crippen LogP contribution in [0.4, 0.5) is 5.82 Å². The number of likely N-dealkylation sites (N-methyl/N-ethyl adjacent to an activating group) is 1. The number of nitrogens with zero attached hydrogens (tertiary/aromatic N) is 6. The van der Waals surface area contributed by atoms with Gasteiger partial charge in [0.15, 0.2) is 23.2 Å². The third kappa shape index (κ3) is 2.55. The van der Waals surface area contributed by atoms with Crippen LogP contribution in [0.25, 0.3) is 11.2 Å². The fourth-order valence-corrected chi connectivity index (χ4v) is 3.10. The van der Waals surface area contributed by atoms with Gasteiger partial charge in [0.2, 0.25) is 0 Å². The molecule has 0 spiro atoms. The number of aromatic nitrogens is 4. The zero-order valence-electron chi connectivity index (χ0n) is 13.7. The normalized spacial score (nSPS) is 28.0. The number of imidazole rings is 1. The summed E-state index contributed by atoms with van der Waals surface area (Å²) in [6, 6.07) is -0.308. The van der Waals surface area contributed by atoms with Gasteiger partial charge in [0.1, 0.15) is 18.5 Å². The number of ether oxygens (including phenoxy) is 1. The maximum absolute atomic E-state index is 10.7. The predicted octanol–water partition coefficient (Wildman–Crippen LogP) is -0.927. The van der Waals surface area contributed by atoms with Gasteiger partial charge in [0.25, 0.3) is 0 Å². The van der Waals surface area contributed by atoms with Crippen LogP contribution in [0.5, 0.6) is 0 Å². The molecule has 1 aliphatic rings. The number of aliphatic hydroxyl groups is 2. The van der Waals surface area contributed by atoms with E-state index >= 15 is 0 Å². The van der Waals surface area contributed by atoms with Crippen molar-refractivity contribution in [3.63, 3.8) is 0 Å². The third-order valence-corrected chi connectivity index (χ3v) is 4.15. The molecule has 1 fully saturated rings. The minimum atomic E-state index is -0.808. The van der Waals surface area contributed by atoms with Crippen LogP contribution >= 0.6 is 0 Å². The molecule has 0 radical (unpaired) electrons. The number of rotatable bonds is 4. The Hall–Kier alpha value is -1.81. The Balaban J connectivity index is 2.03. The molecule has 0 aliphatic carbocycles. The van der Waals surface area contributed by atoms with Crippen LogP contribution in [0.2, 0.25) is 0 Å². The van der Waals surface area contributed by atoms with E-state index in [4.69, 9.17) is 4.74 Å². The van der Waals surface area contributed by atoms with Crippen molar-refractivity contribution >= 4 is 17.0 Å². The van der Waals surface area contributed by atoms with Crippen molar-refractivity contribution in [2.75, 3.05) is 39.7 Å². The first-order chi connectivity index (χ1) is 11.0. The van der Waals surface area contributed by atoms with Gasteiger partial charge >= 0.3 is 0 Å². The molecule has 4 unspecified atom stereocenters. The van der Waals surface area contributed by atoms with Crippen molar-refractivity contribution in [2.24, 2.45) is 0 Å². The molecule has 9 nitrogen and oxygen atoms in total. The molecule has 2 aromatic heterocycles. The predicted molar refractivity (Wildman–Crippen MR) is 84.1 cm³/mol. The van der Waals surface area contributed by atoms with E-state index in [-0.39, 0.29) is 12.6 Å². The summed E-state index contributed by atoms with van der Waals surface area (Å²) in [6.45, 7) is -0.166. The highest BCUT2D eigenvalue weighted by Gasteiger charge is 2.46. The largest absolute Gasteiger partial charge is 0.394 e. The van der Waals surface area contributed by atoms with Crippen LogP contribution in [-0.2, 0) is 4.74 Å². The van der Waals surface area contributed by atoms with Crippen molar-refractivity contribution in [2.45, 2.75) is 24.5 Å². The summed E-state index contributed by atoms with van der Waals surface area (Å²) in [5.74, 6) is 0.698. The quantitative estimate of drug-likeness (QED) is 0.745. The molecule has 0 aromatic carbocycles. The van der Waals surface area contributed by atoms with Crippen molar-refractivity contribution < 1.29 is 14.9 Å². The van der Waals surface area contributed by atoms with Gasteiger partial charge in [-0.05, 0) is 14.1 Å². The van der Waals surface area contributed by atoms with Crippen LogP contribution in [-0.4, -0.2) is 87.7 Å². The molecule has 4 atom stereocenters. The van der Waals surface area contributed by atoms with Gasteiger partial charge in [0.05, 0.1) is 19.0 Å². The Kier molecular flexibility index (Phi) is 4.19. The SMILES string of the molecule is CN(C)c1ncnc2c1ncn2C1OC(CO)C(N(C)C)C1O. The van der Waals surface area contributed by atoms with Crippen molar-refractivity contribution in [1.82, 2.24) is 24.4 Å².